The fourth-order valence-corrected chi connectivity index (χ4v) is 7.42. The number of nitrogens with zero attached hydrogens (tertiary/aromatic N) is 1. The van der Waals surface area contributed by atoms with Crippen molar-refractivity contribution in [2.75, 3.05) is 19.7 Å². The molecule has 20 heteroatoms. The maximum Gasteiger partial charge on any atom is 0.408 e. The molecule has 0 saturated carbocycles. The third kappa shape index (κ3) is 19.1. The van der Waals surface area contributed by atoms with Gasteiger partial charge in [0.05, 0.1) is 6.61 Å². The van der Waals surface area contributed by atoms with E-state index in [0.717, 1.165) is 49.9 Å². The van der Waals surface area contributed by atoms with Crippen molar-refractivity contribution in [2.45, 2.75) is 174 Å². The molecule has 1 unspecified atom stereocenters. The van der Waals surface area contributed by atoms with Crippen LogP contribution in [0.5, 0.6) is 0 Å². The lowest BCUT2D eigenvalue weighted by atomic mass is 9.98. The number of benzene rings is 1. The molecule has 1 aromatic heterocycles. The molecule has 1 aliphatic heterocycles. The van der Waals surface area contributed by atoms with E-state index < -0.39 is 96.0 Å². The summed E-state index contributed by atoms with van der Waals surface area (Å²) in [7, 11) is 0. The van der Waals surface area contributed by atoms with Crippen LogP contribution in [-0.4, -0.2) is 113 Å². The number of nitrogens with one attached hydrogen (secondary N) is 4. The number of carbonyl (C=O) groups is 6. The molecular weight excluding hydrogens is 863 g/mol. The van der Waals surface area contributed by atoms with Crippen molar-refractivity contribution in [1.29, 1.82) is 0 Å². The number of H-pyrrole nitrogens is 1. The molecule has 5 N–H and O–H groups in total. The van der Waals surface area contributed by atoms with Crippen molar-refractivity contribution in [3.8, 4) is 0 Å². The van der Waals surface area contributed by atoms with E-state index in [9.17, 15) is 43.5 Å². The van der Waals surface area contributed by atoms with Crippen LogP contribution in [0.15, 0.2) is 52.2 Å². The van der Waals surface area contributed by atoms with E-state index in [1.165, 1.54) is 51.9 Å². The predicted octanol–water partition coefficient (Wildman–Crippen LogP) is 3.61. The first-order valence-corrected chi connectivity index (χ1v) is 23.0. The van der Waals surface area contributed by atoms with Crippen LogP contribution in [-0.2, 0) is 59.0 Å². The van der Waals surface area contributed by atoms with Crippen molar-refractivity contribution in [3.05, 3.63) is 69.0 Å². The Labute approximate surface area is 385 Å². The average Bonchev–Trinajstić information content (AvgIpc) is 3.60. The number of hydrogen-bond donors (Lipinski definition) is 5. The van der Waals surface area contributed by atoms with Gasteiger partial charge in [-0.2, -0.15) is 0 Å². The predicted molar refractivity (Wildman–Crippen MR) is 239 cm³/mol. The highest BCUT2D eigenvalue weighted by Gasteiger charge is 2.55. The van der Waals surface area contributed by atoms with Gasteiger partial charge in [-0.25, -0.2) is 9.59 Å². The summed E-state index contributed by atoms with van der Waals surface area (Å²) in [6.07, 6.45) is 3.58. The molecule has 66 heavy (non-hydrogen) atoms. The van der Waals surface area contributed by atoms with Crippen LogP contribution in [0.1, 0.15) is 130 Å². The molecule has 2 amide bonds. The van der Waals surface area contributed by atoms with E-state index in [2.05, 4.69) is 27.9 Å². The molecule has 368 valence electrons. The number of aliphatic hydroxyl groups is 1. The Morgan fingerprint density at radius 3 is 2.02 bits per heavy atom. The zero-order valence-corrected chi connectivity index (χ0v) is 38.8. The highest BCUT2D eigenvalue weighted by Crippen LogP contribution is 2.35. The Hall–Kier alpha value is -5.60. The van der Waals surface area contributed by atoms with Crippen LogP contribution in [0.4, 0.5) is 4.79 Å². The molecule has 0 bridgehead atoms. The Kier molecular flexibility index (Phi) is 24.7. The number of hydrogen-bond acceptors (Lipinski definition) is 16. The van der Waals surface area contributed by atoms with Crippen LogP contribution in [0.3, 0.4) is 0 Å². The molecule has 2 aromatic rings. The molecule has 1 aromatic carbocycles. The van der Waals surface area contributed by atoms with Crippen molar-refractivity contribution in [3.63, 3.8) is 0 Å². The summed E-state index contributed by atoms with van der Waals surface area (Å²) in [5.74, 6) is -3.85. The molecule has 1 fully saturated rings. The van der Waals surface area contributed by atoms with Crippen LogP contribution in [0.25, 0.3) is 0 Å². The Morgan fingerprint density at radius 2 is 1.41 bits per heavy atom. The van der Waals surface area contributed by atoms with Crippen molar-refractivity contribution >= 4 is 35.9 Å². The molecule has 1 aliphatic rings. The monoisotopic (exact) mass is 931 g/mol. The number of aromatic amines is 1. The smallest absolute Gasteiger partial charge is 0.408 e. The zero-order valence-electron chi connectivity index (χ0n) is 38.8. The molecule has 20 nitrogen and oxygen atoms in total. The molecule has 0 aliphatic carbocycles. The molecule has 8 atom stereocenters. The standard InChI is InChI=1S/C46H69N5O15/c1-6-8-9-10-11-12-13-14-15-16-20-24-35(55)63-30(3)36(50-46(60)62-29-33-22-18-17-19-23-33)42(57)48-27-21-26-47-37(44(58)61-7-2)38(56)39-40(64-31(4)52)41(65-32(5)53)43(66-39)51-28-25-34(54)49-45(51)59/h17-19,22-23,25,28,30,36-41,43,47,56H,6-16,20-21,24,26-27,29H2,1-5H3,(H,48,57)(H,50,60)(H,49,54,59)/t30-,36-,37?,38+,39+,40+,41+,43+/m0/s1. The highest BCUT2D eigenvalue weighted by molar-refractivity contribution is 5.86. The maximum atomic E-state index is 13.6. The highest BCUT2D eigenvalue weighted by atomic mass is 16.6. The van der Waals surface area contributed by atoms with Crippen LogP contribution in [0, 0.1) is 0 Å². The van der Waals surface area contributed by atoms with E-state index in [1.54, 1.807) is 31.2 Å². The Bertz CT molecular complexity index is 1940. The quantitative estimate of drug-likeness (QED) is 0.0425. The van der Waals surface area contributed by atoms with Crippen molar-refractivity contribution < 1.29 is 62.3 Å². The number of carbonyl (C=O) groups excluding carboxylic acids is 6. The fourth-order valence-electron chi connectivity index (χ4n) is 7.42. The van der Waals surface area contributed by atoms with E-state index in [0.29, 0.717) is 12.0 Å². The number of rotatable bonds is 30. The lowest BCUT2D eigenvalue weighted by Crippen LogP contribution is -2.56. The lowest BCUT2D eigenvalue weighted by molar-refractivity contribution is -0.168. The second kappa shape index (κ2) is 29.8. The summed E-state index contributed by atoms with van der Waals surface area (Å²) >= 11 is 0. The number of aliphatic hydroxyl groups excluding tert-OH is 1. The van der Waals surface area contributed by atoms with Gasteiger partial charge in [-0.1, -0.05) is 101 Å². The first kappa shape index (κ1) is 54.7. The summed E-state index contributed by atoms with van der Waals surface area (Å²) < 4.78 is 33.8. The SMILES string of the molecule is CCCCCCCCCCCCCC(=O)O[C@@H](C)[C@H](NC(=O)OCc1ccccc1)C(=O)NCCCNC(C(=O)OCC)[C@@H](O)[C@H]1O[C@@H](n2ccc(=O)[nH]c2=O)[C@H](OC(C)=O)[C@@H]1OC(C)=O. The van der Waals surface area contributed by atoms with Gasteiger partial charge < -0.3 is 49.5 Å². The van der Waals surface area contributed by atoms with Crippen LogP contribution >= 0.6 is 0 Å². The molecule has 3 rings (SSSR count). The van der Waals surface area contributed by atoms with E-state index in [1.807, 2.05) is 6.07 Å². The minimum Gasteiger partial charge on any atom is -0.465 e. The Balaban J connectivity index is 1.64. The number of ether oxygens (including phenoxy) is 6. The van der Waals surface area contributed by atoms with E-state index in [-0.39, 0.29) is 39.1 Å². The fraction of sp³-hybridized carbons (Fsp3) is 0.652. The number of amides is 2. The van der Waals surface area contributed by atoms with Gasteiger partial charge in [-0.3, -0.25) is 38.3 Å². The normalized spacial score (nSPS) is 18.5. The lowest BCUT2D eigenvalue weighted by Gasteiger charge is -2.30. The number of esters is 4. The van der Waals surface area contributed by atoms with Gasteiger partial charge in [0.1, 0.15) is 37.0 Å². The van der Waals surface area contributed by atoms with Gasteiger partial charge in [-0.05, 0) is 38.8 Å². The molecule has 1 saturated heterocycles. The van der Waals surface area contributed by atoms with Crippen LogP contribution in [0.2, 0.25) is 0 Å². The van der Waals surface area contributed by atoms with Crippen molar-refractivity contribution in [1.82, 2.24) is 25.5 Å². The molecule has 2 heterocycles. The Morgan fingerprint density at radius 1 is 0.788 bits per heavy atom. The van der Waals surface area contributed by atoms with Gasteiger partial charge in [-0.15, -0.1) is 0 Å². The average molecular weight is 932 g/mol. The van der Waals surface area contributed by atoms with Gasteiger partial charge in [0.15, 0.2) is 18.4 Å². The largest absolute Gasteiger partial charge is 0.465 e. The summed E-state index contributed by atoms with van der Waals surface area (Å²) in [5.41, 5.74) is -0.976. The first-order valence-electron chi connectivity index (χ1n) is 23.0. The number of aromatic nitrogens is 2. The zero-order chi connectivity index (χ0) is 48.4. The molecular formula is C46H69N5O15. The topological polar surface area (TPSA) is 269 Å². The second-order valence-corrected chi connectivity index (χ2v) is 16.1. The van der Waals surface area contributed by atoms with E-state index >= 15 is 0 Å². The second-order valence-electron chi connectivity index (χ2n) is 16.1. The summed E-state index contributed by atoms with van der Waals surface area (Å²) in [4.78, 5) is 104. The number of alkyl carbamates (subject to hydrolysis) is 1. The first-order chi connectivity index (χ1) is 31.7. The third-order valence-electron chi connectivity index (χ3n) is 10.7. The number of unbranched alkanes of at least 4 members (excludes halogenated alkanes) is 10. The van der Waals surface area contributed by atoms with E-state index in [4.69, 9.17) is 28.4 Å². The minimum absolute atomic E-state index is 0.0319. The van der Waals surface area contributed by atoms with Gasteiger partial charge >= 0.3 is 35.7 Å². The summed E-state index contributed by atoms with van der Waals surface area (Å²) in [5, 5.41) is 19.8. The third-order valence-corrected chi connectivity index (χ3v) is 10.7. The minimum atomic E-state index is -1.86. The van der Waals surface area contributed by atoms with Crippen molar-refractivity contribution in [2.24, 2.45) is 0 Å². The van der Waals surface area contributed by atoms with Gasteiger partial charge in [0.25, 0.3) is 5.56 Å². The molecule has 0 spiro atoms. The summed E-state index contributed by atoms with van der Waals surface area (Å²) in [6.45, 7) is 7.12. The van der Waals surface area contributed by atoms with Gasteiger partial charge in [0.2, 0.25) is 5.91 Å². The molecule has 0 radical (unpaired) electrons. The summed E-state index contributed by atoms with van der Waals surface area (Å²) in [6, 6.07) is 7.02. The van der Waals surface area contributed by atoms with Gasteiger partial charge in [0, 0.05) is 39.1 Å². The van der Waals surface area contributed by atoms with Crippen LogP contribution < -0.4 is 27.2 Å². The maximum absolute atomic E-state index is 13.6.